The lowest BCUT2D eigenvalue weighted by molar-refractivity contribution is -0.133. The van der Waals surface area contributed by atoms with Crippen molar-refractivity contribution in [1.29, 1.82) is 0 Å². The van der Waals surface area contributed by atoms with Crippen LogP contribution in [0.15, 0.2) is 53.4 Å². The monoisotopic (exact) mass is 441 g/mol. The Hall–Kier alpha value is -2.78. The van der Waals surface area contributed by atoms with Crippen LogP contribution >= 0.6 is 0 Å². The topological polar surface area (TPSA) is 88.4 Å². The van der Waals surface area contributed by atoms with Crippen LogP contribution in [0.1, 0.15) is 31.7 Å². The second kappa shape index (κ2) is 8.76. The van der Waals surface area contributed by atoms with Gasteiger partial charge < -0.3 is 4.90 Å². The Bertz CT molecular complexity index is 1170. The first kappa shape index (κ1) is 21.5. The Morgan fingerprint density at radius 2 is 1.71 bits per heavy atom. The van der Waals surface area contributed by atoms with Gasteiger partial charge in [0.2, 0.25) is 15.9 Å². The number of nitrogens with zero attached hydrogens (tertiary/aromatic N) is 5. The summed E-state index contributed by atoms with van der Waals surface area (Å²) >= 11 is 0. The van der Waals surface area contributed by atoms with Crippen LogP contribution in [-0.2, 0) is 21.4 Å². The second-order valence-electron chi connectivity index (χ2n) is 7.90. The molecule has 1 atom stereocenters. The Balaban J connectivity index is 1.39. The van der Waals surface area contributed by atoms with Crippen LogP contribution in [0.3, 0.4) is 0 Å². The normalized spacial score (nSPS) is 16.5. The molecule has 1 amide bonds. The molecule has 0 bridgehead atoms. The van der Waals surface area contributed by atoms with Crippen LogP contribution in [0.25, 0.3) is 11.0 Å². The summed E-state index contributed by atoms with van der Waals surface area (Å²) in [6, 6.07) is 14.6. The predicted octanol–water partition coefficient (Wildman–Crippen LogP) is 2.48. The first-order valence-corrected chi connectivity index (χ1v) is 12.0. The summed E-state index contributed by atoms with van der Waals surface area (Å²) < 4.78 is 29.1. The minimum Gasteiger partial charge on any atom is -0.338 e. The SMILES string of the molecule is CCC(C)c1ccc(S(=O)(=O)N2CCN(C(=O)Cn3nnc4ccccc43)CC2)cc1. The zero-order valence-electron chi connectivity index (χ0n) is 17.8. The van der Waals surface area contributed by atoms with E-state index in [-0.39, 0.29) is 25.5 Å². The molecule has 0 saturated carbocycles. The molecule has 0 radical (unpaired) electrons. The zero-order chi connectivity index (χ0) is 22.0. The smallest absolute Gasteiger partial charge is 0.244 e. The predicted molar refractivity (Wildman–Crippen MR) is 118 cm³/mol. The Morgan fingerprint density at radius 3 is 2.39 bits per heavy atom. The van der Waals surface area contributed by atoms with Crippen LogP contribution in [0, 0.1) is 0 Å². The first-order valence-electron chi connectivity index (χ1n) is 10.6. The highest BCUT2D eigenvalue weighted by atomic mass is 32.2. The molecular formula is C22H27N5O3S. The number of hydrogen-bond donors (Lipinski definition) is 0. The van der Waals surface area contributed by atoms with Gasteiger partial charge in [0, 0.05) is 26.2 Å². The number of aromatic nitrogens is 3. The molecule has 0 N–H and O–H groups in total. The summed E-state index contributed by atoms with van der Waals surface area (Å²) in [6.45, 7) is 5.59. The highest BCUT2D eigenvalue weighted by molar-refractivity contribution is 7.89. The van der Waals surface area contributed by atoms with E-state index in [9.17, 15) is 13.2 Å². The number of amides is 1. The molecule has 2 heterocycles. The third-order valence-electron chi connectivity index (χ3n) is 6.00. The maximum absolute atomic E-state index is 13.0. The van der Waals surface area contributed by atoms with Crippen molar-refractivity contribution in [3.05, 3.63) is 54.1 Å². The van der Waals surface area contributed by atoms with Crippen LogP contribution in [0.2, 0.25) is 0 Å². The summed E-state index contributed by atoms with van der Waals surface area (Å²) in [4.78, 5) is 14.7. The van der Waals surface area contributed by atoms with E-state index >= 15 is 0 Å². The van der Waals surface area contributed by atoms with E-state index in [4.69, 9.17) is 0 Å². The van der Waals surface area contributed by atoms with Gasteiger partial charge in [-0.1, -0.05) is 43.3 Å². The van der Waals surface area contributed by atoms with Crippen molar-refractivity contribution < 1.29 is 13.2 Å². The number of carbonyl (C=O) groups is 1. The molecule has 164 valence electrons. The van der Waals surface area contributed by atoms with Crippen molar-refractivity contribution in [2.75, 3.05) is 26.2 Å². The van der Waals surface area contributed by atoms with E-state index in [2.05, 4.69) is 24.2 Å². The molecule has 3 aromatic rings. The molecule has 1 aromatic heterocycles. The number of rotatable bonds is 6. The molecule has 0 aliphatic carbocycles. The van der Waals surface area contributed by atoms with Crippen molar-refractivity contribution in [3.63, 3.8) is 0 Å². The van der Waals surface area contributed by atoms with Gasteiger partial charge in [-0.15, -0.1) is 5.10 Å². The minimum atomic E-state index is -3.57. The van der Waals surface area contributed by atoms with E-state index in [1.165, 1.54) is 4.31 Å². The van der Waals surface area contributed by atoms with E-state index in [0.29, 0.717) is 23.9 Å². The number of hydrogen-bond acceptors (Lipinski definition) is 5. The van der Waals surface area contributed by atoms with Gasteiger partial charge in [-0.3, -0.25) is 4.79 Å². The lowest BCUT2D eigenvalue weighted by Crippen LogP contribution is -2.51. The number of carbonyl (C=O) groups excluding carboxylic acids is 1. The molecule has 1 fully saturated rings. The van der Waals surface area contributed by atoms with E-state index < -0.39 is 10.0 Å². The molecule has 1 aliphatic heterocycles. The first-order chi connectivity index (χ1) is 14.9. The molecule has 1 unspecified atom stereocenters. The summed E-state index contributed by atoms with van der Waals surface area (Å²) in [5.41, 5.74) is 2.68. The van der Waals surface area contributed by atoms with E-state index in [1.54, 1.807) is 21.7 Å². The lowest BCUT2D eigenvalue weighted by atomic mass is 9.99. The summed E-state index contributed by atoms with van der Waals surface area (Å²) in [5, 5.41) is 8.13. The molecule has 31 heavy (non-hydrogen) atoms. The minimum absolute atomic E-state index is 0.0876. The molecule has 1 aliphatic rings. The Kier molecular flexibility index (Phi) is 6.06. The average molecular weight is 442 g/mol. The van der Waals surface area contributed by atoms with Crippen molar-refractivity contribution in [1.82, 2.24) is 24.2 Å². The van der Waals surface area contributed by atoms with Gasteiger partial charge in [0.05, 0.1) is 10.4 Å². The Morgan fingerprint density at radius 1 is 1.03 bits per heavy atom. The Labute approximate surface area is 182 Å². The van der Waals surface area contributed by atoms with Crippen molar-refractivity contribution >= 4 is 27.0 Å². The standard InChI is InChI=1S/C22H27N5O3S/c1-3-17(2)18-8-10-19(11-9-18)31(29,30)26-14-12-25(13-15-26)22(28)16-27-21-7-5-4-6-20(21)23-24-27/h4-11,17H,3,12-16H2,1-2H3. The van der Waals surface area contributed by atoms with Crippen LogP contribution in [-0.4, -0.2) is 64.7 Å². The fourth-order valence-corrected chi connectivity index (χ4v) is 5.22. The van der Waals surface area contributed by atoms with E-state index in [0.717, 1.165) is 23.0 Å². The molecule has 4 rings (SSSR count). The van der Waals surface area contributed by atoms with Crippen molar-refractivity contribution in [3.8, 4) is 0 Å². The van der Waals surface area contributed by atoms with Crippen LogP contribution < -0.4 is 0 Å². The molecule has 9 heteroatoms. The summed E-state index contributed by atoms with van der Waals surface area (Å²) in [6.07, 6.45) is 1.01. The summed E-state index contributed by atoms with van der Waals surface area (Å²) in [7, 11) is -3.57. The van der Waals surface area contributed by atoms with Gasteiger partial charge in [-0.25, -0.2) is 13.1 Å². The number of fused-ring (bicyclic) bond motifs is 1. The number of para-hydroxylation sites is 1. The fourth-order valence-electron chi connectivity index (χ4n) is 3.79. The molecular weight excluding hydrogens is 414 g/mol. The fraction of sp³-hybridized carbons (Fsp3) is 0.409. The number of sulfonamides is 1. The maximum atomic E-state index is 13.0. The van der Waals surface area contributed by atoms with Gasteiger partial charge in [-0.2, -0.15) is 4.31 Å². The quantitative estimate of drug-likeness (QED) is 0.586. The highest BCUT2D eigenvalue weighted by Gasteiger charge is 2.30. The second-order valence-corrected chi connectivity index (χ2v) is 9.84. The average Bonchev–Trinajstić information content (AvgIpc) is 3.21. The highest BCUT2D eigenvalue weighted by Crippen LogP contribution is 2.23. The molecule has 2 aromatic carbocycles. The van der Waals surface area contributed by atoms with Gasteiger partial charge in [0.15, 0.2) is 0 Å². The molecule has 8 nitrogen and oxygen atoms in total. The van der Waals surface area contributed by atoms with Crippen LogP contribution in [0.4, 0.5) is 0 Å². The lowest BCUT2D eigenvalue weighted by Gasteiger charge is -2.34. The van der Waals surface area contributed by atoms with Gasteiger partial charge in [-0.05, 0) is 42.2 Å². The van der Waals surface area contributed by atoms with Gasteiger partial charge in [0.25, 0.3) is 0 Å². The number of benzene rings is 2. The largest absolute Gasteiger partial charge is 0.338 e. The molecule has 0 spiro atoms. The third kappa shape index (κ3) is 4.33. The van der Waals surface area contributed by atoms with Crippen molar-refractivity contribution in [2.45, 2.75) is 37.6 Å². The summed E-state index contributed by atoms with van der Waals surface area (Å²) in [5.74, 6) is 0.305. The van der Waals surface area contributed by atoms with E-state index in [1.807, 2.05) is 36.4 Å². The maximum Gasteiger partial charge on any atom is 0.244 e. The number of piperazine rings is 1. The third-order valence-corrected chi connectivity index (χ3v) is 7.91. The molecule has 1 saturated heterocycles. The van der Waals surface area contributed by atoms with Crippen molar-refractivity contribution in [2.24, 2.45) is 0 Å². The van der Waals surface area contributed by atoms with Gasteiger partial charge >= 0.3 is 0 Å². The zero-order valence-corrected chi connectivity index (χ0v) is 18.6. The van der Waals surface area contributed by atoms with Gasteiger partial charge in [0.1, 0.15) is 12.1 Å². The van der Waals surface area contributed by atoms with Crippen LogP contribution in [0.5, 0.6) is 0 Å².